The van der Waals surface area contributed by atoms with Crippen LogP contribution in [0.3, 0.4) is 0 Å². The minimum Gasteiger partial charge on any atom is -0.493 e. The number of rotatable bonds is 10. The van der Waals surface area contributed by atoms with Crippen LogP contribution in [0.1, 0.15) is 30.9 Å². The van der Waals surface area contributed by atoms with Gasteiger partial charge in [-0.3, -0.25) is 24.1 Å². The predicted octanol–water partition coefficient (Wildman–Crippen LogP) is 5.51. The van der Waals surface area contributed by atoms with Gasteiger partial charge in [0.1, 0.15) is 6.54 Å². The van der Waals surface area contributed by atoms with E-state index in [9.17, 15) is 19.2 Å². The fourth-order valence-electron chi connectivity index (χ4n) is 3.99. The fraction of sp³-hybridized carbons (Fsp3) is 0.200. The molecule has 3 aromatic carbocycles. The number of thioether (sulfide) groups is 1. The summed E-state index contributed by atoms with van der Waals surface area (Å²) in [6, 6.07) is 21.3. The first-order valence-corrected chi connectivity index (χ1v) is 13.4. The highest BCUT2D eigenvalue weighted by atomic mass is 32.2. The molecule has 2 N–H and O–H groups in total. The van der Waals surface area contributed by atoms with E-state index in [2.05, 4.69) is 24.5 Å². The predicted molar refractivity (Wildman–Crippen MR) is 155 cm³/mol. The van der Waals surface area contributed by atoms with Gasteiger partial charge in [-0.25, -0.2) is 0 Å². The lowest BCUT2D eigenvalue weighted by molar-refractivity contribution is -0.127. The largest absolute Gasteiger partial charge is 0.493 e. The topological polar surface area (TPSA) is 114 Å². The molecular weight excluding hydrogens is 530 g/mol. The molecule has 1 aliphatic heterocycles. The second-order valence-corrected chi connectivity index (χ2v) is 10.2. The molecule has 0 spiro atoms. The highest BCUT2D eigenvalue weighted by Crippen LogP contribution is 2.34. The zero-order valence-corrected chi connectivity index (χ0v) is 23.1. The summed E-state index contributed by atoms with van der Waals surface area (Å²) in [6.07, 6.45) is 1.54. The third-order valence-electron chi connectivity index (χ3n) is 5.93. The van der Waals surface area contributed by atoms with Crippen LogP contribution in [-0.4, -0.2) is 48.1 Å². The van der Waals surface area contributed by atoms with Crippen LogP contribution in [0.4, 0.5) is 16.2 Å². The lowest BCUT2D eigenvalue weighted by atomic mass is 10.0. The summed E-state index contributed by atoms with van der Waals surface area (Å²) in [5.41, 5.74) is 2.92. The van der Waals surface area contributed by atoms with Crippen molar-refractivity contribution in [2.45, 2.75) is 19.8 Å². The van der Waals surface area contributed by atoms with E-state index in [4.69, 9.17) is 9.47 Å². The summed E-state index contributed by atoms with van der Waals surface area (Å²) in [5.74, 6) is -0.407. The molecular formula is C30H29N3O6S. The summed E-state index contributed by atoms with van der Waals surface area (Å²) < 4.78 is 11.1. The van der Waals surface area contributed by atoms with Gasteiger partial charge in [0, 0.05) is 11.4 Å². The van der Waals surface area contributed by atoms with Crippen LogP contribution in [0.2, 0.25) is 0 Å². The molecule has 10 heteroatoms. The van der Waals surface area contributed by atoms with Gasteiger partial charge in [-0.2, -0.15) is 0 Å². The molecule has 0 aromatic heterocycles. The van der Waals surface area contributed by atoms with Gasteiger partial charge in [0.25, 0.3) is 17.1 Å². The molecule has 1 heterocycles. The maximum Gasteiger partial charge on any atom is 0.294 e. The van der Waals surface area contributed by atoms with Crippen LogP contribution < -0.4 is 20.1 Å². The number of amides is 4. The summed E-state index contributed by atoms with van der Waals surface area (Å²) in [4.78, 5) is 51.3. The summed E-state index contributed by atoms with van der Waals surface area (Å²) in [6.45, 7) is 3.48. The van der Waals surface area contributed by atoms with Gasteiger partial charge in [0.2, 0.25) is 5.91 Å². The minimum absolute atomic E-state index is 0.177. The first-order chi connectivity index (χ1) is 19.2. The molecule has 0 saturated carbocycles. The Hall–Kier alpha value is -4.57. The molecule has 0 unspecified atom stereocenters. The second kappa shape index (κ2) is 13.0. The normalized spacial score (nSPS) is 14.0. The van der Waals surface area contributed by atoms with Crippen molar-refractivity contribution in [3.05, 3.63) is 88.8 Å². The van der Waals surface area contributed by atoms with E-state index < -0.39 is 23.6 Å². The average molecular weight is 560 g/mol. The number of carbonyl (C=O) groups is 4. The van der Waals surface area contributed by atoms with Crippen LogP contribution in [-0.2, 0) is 14.4 Å². The number of carbonyl (C=O) groups excluding carboxylic acids is 4. The van der Waals surface area contributed by atoms with E-state index in [1.807, 2.05) is 30.3 Å². The standard InChI is InChI=1S/C30H29N3O6S/c1-19(2)22-11-7-8-12-23(22)32-28(35)18-39-24-14-13-20(15-25(24)38-3)16-26-29(36)33(30(37)40-26)17-27(34)31-21-9-5-4-6-10-21/h4-16,19H,17-18H2,1-3H3,(H,31,34)(H,32,35)/b26-16-. The number of hydrogen-bond donors (Lipinski definition) is 2. The Morgan fingerprint density at radius 3 is 2.38 bits per heavy atom. The van der Waals surface area contributed by atoms with E-state index >= 15 is 0 Å². The molecule has 0 bridgehead atoms. The molecule has 0 aliphatic carbocycles. The second-order valence-electron chi connectivity index (χ2n) is 9.17. The van der Waals surface area contributed by atoms with Crippen LogP contribution in [0.15, 0.2) is 77.7 Å². The van der Waals surface area contributed by atoms with Crippen molar-refractivity contribution in [1.29, 1.82) is 0 Å². The number of nitrogens with one attached hydrogen (secondary N) is 2. The SMILES string of the molecule is COc1cc(/C=C2\SC(=O)N(CC(=O)Nc3ccccc3)C2=O)ccc1OCC(=O)Nc1ccccc1C(C)C. The van der Waals surface area contributed by atoms with Gasteiger partial charge in [-0.1, -0.05) is 56.3 Å². The smallest absolute Gasteiger partial charge is 0.294 e. The van der Waals surface area contributed by atoms with Crippen molar-refractivity contribution in [2.75, 3.05) is 30.9 Å². The van der Waals surface area contributed by atoms with Crippen molar-refractivity contribution in [3.8, 4) is 11.5 Å². The molecule has 0 radical (unpaired) electrons. The van der Waals surface area contributed by atoms with E-state index in [1.54, 1.807) is 48.5 Å². The summed E-state index contributed by atoms with van der Waals surface area (Å²) >= 11 is 0.754. The van der Waals surface area contributed by atoms with Crippen molar-refractivity contribution in [1.82, 2.24) is 4.90 Å². The molecule has 3 aromatic rings. The maximum atomic E-state index is 12.9. The van der Waals surface area contributed by atoms with E-state index in [0.29, 0.717) is 22.7 Å². The van der Waals surface area contributed by atoms with Gasteiger partial charge < -0.3 is 20.1 Å². The molecule has 1 saturated heterocycles. The Morgan fingerprint density at radius 2 is 1.65 bits per heavy atom. The number of imide groups is 1. The number of hydrogen-bond acceptors (Lipinski definition) is 7. The molecule has 40 heavy (non-hydrogen) atoms. The van der Waals surface area contributed by atoms with Gasteiger partial charge in [0.05, 0.1) is 12.0 Å². The quantitative estimate of drug-likeness (QED) is 0.315. The van der Waals surface area contributed by atoms with Crippen molar-refractivity contribution in [3.63, 3.8) is 0 Å². The Balaban J connectivity index is 1.38. The third kappa shape index (κ3) is 7.09. The number of ether oxygens (including phenoxy) is 2. The molecule has 206 valence electrons. The van der Waals surface area contributed by atoms with Crippen LogP contribution >= 0.6 is 11.8 Å². The third-order valence-corrected chi connectivity index (χ3v) is 6.84. The zero-order chi connectivity index (χ0) is 28.6. The van der Waals surface area contributed by atoms with E-state index in [-0.39, 0.29) is 23.3 Å². The number of benzene rings is 3. The monoisotopic (exact) mass is 559 g/mol. The molecule has 4 amide bonds. The number of nitrogens with zero attached hydrogens (tertiary/aromatic N) is 1. The Bertz CT molecular complexity index is 1450. The van der Waals surface area contributed by atoms with Gasteiger partial charge >= 0.3 is 0 Å². The highest BCUT2D eigenvalue weighted by Gasteiger charge is 2.36. The number of methoxy groups -OCH3 is 1. The van der Waals surface area contributed by atoms with E-state index in [1.165, 1.54) is 7.11 Å². The van der Waals surface area contributed by atoms with Crippen molar-refractivity contribution in [2.24, 2.45) is 0 Å². The first kappa shape index (κ1) is 28.4. The van der Waals surface area contributed by atoms with Gasteiger partial charge in [-0.05, 0) is 65.2 Å². The number of para-hydroxylation sites is 2. The van der Waals surface area contributed by atoms with Crippen LogP contribution in [0.25, 0.3) is 6.08 Å². The first-order valence-electron chi connectivity index (χ1n) is 12.5. The zero-order valence-electron chi connectivity index (χ0n) is 22.3. The average Bonchev–Trinajstić information content (AvgIpc) is 3.20. The molecule has 1 aliphatic rings. The lowest BCUT2D eigenvalue weighted by Crippen LogP contribution is -2.36. The molecule has 0 atom stereocenters. The van der Waals surface area contributed by atoms with E-state index in [0.717, 1.165) is 27.9 Å². The van der Waals surface area contributed by atoms with Crippen molar-refractivity contribution < 1.29 is 28.7 Å². The molecule has 4 rings (SSSR count). The summed E-state index contributed by atoms with van der Waals surface area (Å²) in [5, 5.41) is 5.01. The Labute approximate surface area is 236 Å². The number of anilines is 2. The minimum atomic E-state index is -0.559. The Morgan fingerprint density at radius 1 is 0.925 bits per heavy atom. The van der Waals surface area contributed by atoms with Crippen LogP contribution in [0, 0.1) is 0 Å². The van der Waals surface area contributed by atoms with Crippen LogP contribution in [0.5, 0.6) is 11.5 Å². The van der Waals surface area contributed by atoms with Gasteiger partial charge in [0.15, 0.2) is 18.1 Å². The Kier molecular flexibility index (Phi) is 9.23. The van der Waals surface area contributed by atoms with Gasteiger partial charge in [-0.15, -0.1) is 0 Å². The molecule has 9 nitrogen and oxygen atoms in total. The maximum absolute atomic E-state index is 12.9. The summed E-state index contributed by atoms with van der Waals surface area (Å²) in [7, 11) is 1.46. The highest BCUT2D eigenvalue weighted by molar-refractivity contribution is 8.18. The fourth-order valence-corrected chi connectivity index (χ4v) is 4.83. The van der Waals surface area contributed by atoms with Crippen molar-refractivity contribution >= 4 is 52.2 Å². The lowest BCUT2D eigenvalue weighted by Gasteiger charge is -2.15. The molecule has 1 fully saturated rings.